The number of imidazole rings is 1. The summed E-state index contributed by atoms with van der Waals surface area (Å²) in [4.78, 5) is 24.9. The van der Waals surface area contributed by atoms with E-state index in [1.54, 1.807) is 33.4 Å². The second-order valence-electron chi connectivity index (χ2n) is 7.76. The molecule has 6 heteroatoms. The molecule has 33 heavy (non-hydrogen) atoms. The van der Waals surface area contributed by atoms with Gasteiger partial charge < -0.3 is 5.11 Å². The van der Waals surface area contributed by atoms with Crippen LogP contribution < -0.4 is 5.69 Å². The van der Waals surface area contributed by atoms with Crippen molar-refractivity contribution in [1.29, 1.82) is 0 Å². The maximum Gasteiger partial charge on any atom is 0.335 e. The molecule has 0 aliphatic rings. The van der Waals surface area contributed by atoms with Crippen LogP contribution in [0.25, 0.3) is 27.8 Å². The molecule has 0 unspecified atom stereocenters. The van der Waals surface area contributed by atoms with Crippen LogP contribution in [0.4, 0.5) is 0 Å². The highest BCUT2D eigenvalue weighted by atomic mass is 35.5. The molecule has 1 heterocycles. The lowest BCUT2D eigenvalue weighted by atomic mass is 10.1. The number of carboxylic acids is 1. The third-order valence-electron chi connectivity index (χ3n) is 5.64. The molecule has 0 saturated heterocycles. The van der Waals surface area contributed by atoms with Crippen molar-refractivity contribution in [3.05, 3.63) is 124 Å². The van der Waals surface area contributed by atoms with E-state index in [9.17, 15) is 14.7 Å². The minimum atomic E-state index is -1.00. The molecule has 0 fully saturated rings. The van der Waals surface area contributed by atoms with Crippen LogP contribution in [0.1, 0.15) is 15.9 Å². The number of halogens is 1. The highest BCUT2D eigenvalue weighted by Gasteiger charge is 2.16. The summed E-state index contributed by atoms with van der Waals surface area (Å²) in [5.74, 6) is -1.00. The SMILES string of the molecule is O=C(O)c1cccc(Cn2c(=O)n(-c3ccc(-c4ccccc4)cc3)c3cc(Cl)ccc32)c1. The van der Waals surface area contributed by atoms with Gasteiger partial charge in [-0.3, -0.25) is 9.13 Å². The molecule has 0 bridgehead atoms. The van der Waals surface area contributed by atoms with Crippen LogP contribution in [0.3, 0.4) is 0 Å². The zero-order valence-corrected chi connectivity index (χ0v) is 18.2. The zero-order valence-electron chi connectivity index (χ0n) is 17.5. The second kappa shape index (κ2) is 8.45. The Balaban J connectivity index is 1.62. The number of aromatic nitrogens is 2. The number of carboxylic acid groups (broad SMARTS) is 1. The second-order valence-corrected chi connectivity index (χ2v) is 8.19. The Morgan fingerprint density at radius 3 is 2.24 bits per heavy atom. The van der Waals surface area contributed by atoms with Gasteiger partial charge in [0.15, 0.2) is 0 Å². The Labute approximate surface area is 194 Å². The third-order valence-corrected chi connectivity index (χ3v) is 5.87. The van der Waals surface area contributed by atoms with E-state index in [0.29, 0.717) is 10.5 Å². The monoisotopic (exact) mass is 454 g/mol. The Bertz CT molecular complexity index is 1530. The number of aromatic carboxylic acids is 1. The molecule has 0 spiro atoms. The van der Waals surface area contributed by atoms with Crippen LogP contribution in [-0.2, 0) is 6.54 Å². The first-order valence-corrected chi connectivity index (χ1v) is 10.8. The van der Waals surface area contributed by atoms with Crippen LogP contribution in [0.2, 0.25) is 5.02 Å². The first kappa shape index (κ1) is 20.8. The number of fused-ring (bicyclic) bond motifs is 1. The highest BCUT2D eigenvalue weighted by Crippen LogP contribution is 2.25. The third kappa shape index (κ3) is 3.95. The lowest BCUT2D eigenvalue weighted by Crippen LogP contribution is -2.23. The van der Waals surface area contributed by atoms with Gasteiger partial charge in [0.25, 0.3) is 0 Å². The van der Waals surface area contributed by atoms with Crippen molar-refractivity contribution in [3.8, 4) is 16.8 Å². The number of carbonyl (C=O) groups is 1. The quantitative estimate of drug-likeness (QED) is 0.362. The van der Waals surface area contributed by atoms with Gasteiger partial charge in [0.05, 0.1) is 28.8 Å². The minimum absolute atomic E-state index is 0.184. The summed E-state index contributed by atoms with van der Waals surface area (Å²) in [5, 5.41) is 9.83. The van der Waals surface area contributed by atoms with Crippen LogP contribution in [0.15, 0.2) is 102 Å². The van der Waals surface area contributed by atoms with E-state index in [0.717, 1.165) is 27.9 Å². The average Bonchev–Trinajstić information content (AvgIpc) is 3.10. The summed E-state index contributed by atoms with van der Waals surface area (Å²) in [6.45, 7) is 0.243. The minimum Gasteiger partial charge on any atom is -0.478 e. The van der Waals surface area contributed by atoms with E-state index in [1.165, 1.54) is 6.07 Å². The normalized spacial score (nSPS) is 11.1. The Hall–Kier alpha value is -4.09. The molecule has 0 amide bonds. The van der Waals surface area contributed by atoms with Crippen LogP contribution in [0.5, 0.6) is 0 Å². The molecule has 162 valence electrons. The van der Waals surface area contributed by atoms with Crippen molar-refractivity contribution in [2.75, 3.05) is 0 Å². The van der Waals surface area contributed by atoms with Gasteiger partial charge >= 0.3 is 11.7 Å². The van der Waals surface area contributed by atoms with Crippen molar-refractivity contribution in [1.82, 2.24) is 9.13 Å². The molecule has 1 aromatic heterocycles. The molecule has 5 aromatic rings. The van der Waals surface area contributed by atoms with Gasteiger partial charge in [-0.1, -0.05) is 66.2 Å². The van der Waals surface area contributed by atoms with Gasteiger partial charge in [-0.05, 0) is 59.2 Å². The zero-order chi connectivity index (χ0) is 22.9. The van der Waals surface area contributed by atoms with Crippen LogP contribution in [-0.4, -0.2) is 20.2 Å². The highest BCUT2D eigenvalue weighted by molar-refractivity contribution is 6.31. The summed E-state index contributed by atoms with van der Waals surface area (Å²) in [5.41, 5.74) is 4.98. The lowest BCUT2D eigenvalue weighted by molar-refractivity contribution is 0.0696. The van der Waals surface area contributed by atoms with Crippen molar-refractivity contribution in [2.45, 2.75) is 6.54 Å². The van der Waals surface area contributed by atoms with Crippen molar-refractivity contribution < 1.29 is 9.90 Å². The lowest BCUT2D eigenvalue weighted by Gasteiger charge is -2.06. The number of nitrogens with zero attached hydrogens (tertiary/aromatic N) is 2. The van der Waals surface area contributed by atoms with Crippen LogP contribution >= 0.6 is 11.6 Å². The number of rotatable bonds is 5. The van der Waals surface area contributed by atoms with E-state index in [2.05, 4.69) is 0 Å². The van der Waals surface area contributed by atoms with Crippen molar-refractivity contribution in [3.63, 3.8) is 0 Å². The molecular formula is C27H19ClN2O3. The fourth-order valence-corrected chi connectivity index (χ4v) is 4.22. The summed E-state index contributed by atoms with van der Waals surface area (Å²) in [7, 11) is 0. The standard InChI is InChI=1S/C27H19ClN2O3/c28-22-11-14-24-25(16-22)30(23-12-9-20(10-13-23)19-6-2-1-3-7-19)27(33)29(24)17-18-5-4-8-21(15-18)26(31)32/h1-16H,17H2,(H,31,32). The van der Waals surface area contributed by atoms with E-state index < -0.39 is 5.97 Å². The molecule has 0 radical (unpaired) electrons. The van der Waals surface area contributed by atoms with Crippen molar-refractivity contribution >= 4 is 28.6 Å². The summed E-state index contributed by atoms with van der Waals surface area (Å²) < 4.78 is 3.27. The smallest absolute Gasteiger partial charge is 0.335 e. The fraction of sp³-hybridized carbons (Fsp3) is 0.0370. The van der Waals surface area contributed by atoms with Gasteiger partial charge in [-0.15, -0.1) is 0 Å². The Morgan fingerprint density at radius 2 is 1.52 bits per heavy atom. The van der Waals surface area contributed by atoms with Gasteiger partial charge in [0, 0.05) is 5.02 Å². The summed E-state index contributed by atoms with van der Waals surface area (Å²) in [6, 6.07) is 29.8. The van der Waals surface area contributed by atoms with E-state index >= 15 is 0 Å². The maximum atomic E-state index is 13.5. The molecule has 5 nitrogen and oxygen atoms in total. The molecule has 0 saturated carbocycles. The Kier molecular flexibility index (Phi) is 5.32. The largest absolute Gasteiger partial charge is 0.478 e. The summed E-state index contributed by atoms with van der Waals surface area (Å²) in [6.07, 6.45) is 0. The average molecular weight is 455 g/mol. The van der Waals surface area contributed by atoms with Crippen LogP contribution in [0, 0.1) is 0 Å². The predicted octanol–water partition coefficient (Wildman–Crippen LogP) is 5.86. The van der Waals surface area contributed by atoms with Gasteiger partial charge in [0.2, 0.25) is 0 Å². The van der Waals surface area contributed by atoms with E-state index in [4.69, 9.17) is 11.6 Å². The molecule has 1 N–H and O–H groups in total. The summed E-state index contributed by atoms with van der Waals surface area (Å²) >= 11 is 6.27. The van der Waals surface area contributed by atoms with Gasteiger partial charge in [0.1, 0.15) is 0 Å². The molecule has 0 atom stereocenters. The first-order valence-electron chi connectivity index (χ1n) is 10.4. The van der Waals surface area contributed by atoms with Gasteiger partial charge in [-0.25, -0.2) is 9.59 Å². The van der Waals surface area contributed by atoms with Gasteiger partial charge in [-0.2, -0.15) is 0 Å². The van der Waals surface area contributed by atoms with Crippen molar-refractivity contribution in [2.24, 2.45) is 0 Å². The fourth-order valence-electron chi connectivity index (χ4n) is 4.05. The maximum absolute atomic E-state index is 13.5. The first-order chi connectivity index (χ1) is 16.0. The molecule has 4 aromatic carbocycles. The Morgan fingerprint density at radius 1 is 0.788 bits per heavy atom. The number of hydrogen-bond donors (Lipinski definition) is 1. The molecule has 0 aliphatic carbocycles. The number of benzene rings is 4. The predicted molar refractivity (Wildman–Crippen MR) is 130 cm³/mol. The van der Waals surface area contributed by atoms with E-state index in [1.807, 2.05) is 66.7 Å². The molecule has 0 aliphatic heterocycles. The molecular weight excluding hydrogens is 436 g/mol. The topological polar surface area (TPSA) is 64.2 Å². The van der Waals surface area contributed by atoms with E-state index in [-0.39, 0.29) is 17.8 Å². The number of hydrogen-bond acceptors (Lipinski definition) is 2. The molecule has 5 rings (SSSR count).